The van der Waals surface area contributed by atoms with Gasteiger partial charge in [-0.1, -0.05) is 0 Å². The maximum absolute atomic E-state index is 2.75. The number of rotatable bonds is 3. The van der Waals surface area contributed by atoms with Gasteiger partial charge < -0.3 is 0 Å². The van der Waals surface area contributed by atoms with Crippen LogP contribution in [0, 0.1) is 0 Å². The van der Waals surface area contributed by atoms with Gasteiger partial charge in [0.2, 0.25) is 0 Å². The van der Waals surface area contributed by atoms with E-state index in [4.69, 9.17) is 0 Å². The molecular formula is C26H22S2Te+2. The van der Waals surface area contributed by atoms with E-state index in [1.54, 1.807) is 24.5 Å². The first-order chi connectivity index (χ1) is 14.4. The number of benzene rings is 4. The molecule has 0 nitrogen and oxygen atoms in total. The molecule has 4 aromatic rings. The third-order valence-electron chi connectivity index (χ3n) is 5.65. The molecule has 4 aromatic carbocycles. The van der Waals surface area contributed by atoms with Crippen molar-refractivity contribution in [2.75, 3.05) is 0 Å². The van der Waals surface area contributed by atoms with Gasteiger partial charge in [-0.15, -0.1) is 0 Å². The van der Waals surface area contributed by atoms with E-state index in [1.807, 2.05) is 3.61 Å². The fourth-order valence-corrected chi connectivity index (χ4v) is 48.3. The fourth-order valence-electron chi connectivity index (χ4n) is 4.49. The topological polar surface area (TPSA) is 0 Å². The molecule has 2 aliphatic heterocycles. The Balaban J connectivity index is 1.69. The first kappa shape index (κ1) is 18.2. The molecule has 0 aliphatic carbocycles. The van der Waals surface area contributed by atoms with Gasteiger partial charge >= 0.3 is 181 Å². The van der Waals surface area contributed by atoms with Crippen LogP contribution in [0.2, 0.25) is 0 Å². The van der Waals surface area contributed by atoms with Gasteiger partial charge in [0.25, 0.3) is 0 Å². The van der Waals surface area contributed by atoms with Crippen LogP contribution in [-0.2, 0) is 27.8 Å². The standard InChI is InChI=1S/C26H22S2Te/c1-4-13-23(14-5-1)27-19-21-11-10-12-22-20-28(24-15-6-2-7-16-24)29(27,26(21)22)25-17-8-3-9-18-25/h1-18H,19-20H2/q+2. The fraction of sp³-hybridized carbons (Fsp3) is 0.0769. The molecule has 0 radical (unpaired) electrons. The predicted molar refractivity (Wildman–Crippen MR) is 129 cm³/mol. The van der Waals surface area contributed by atoms with Crippen LogP contribution in [0.5, 0.6) is 0 Å². The first-order valence-electron chi connectivity index (χ1n) is 9.91. The Morgan fingerprint density at radius 1 is 0.483 bits per heavy atom. The Morgan fingerprint density at radius 3 is 1.41 bits per heavy atom. The molecule has 2 atom stereocenters. The second-order valence-electron chi connectivity index (χ2n) is 7.33. The zero-order valence-electron chi connectivity index (χ0n) is 16.0. The second-order valence-corrected chi connectivity index (χ2v) is 30.6. The summed E-state index contributed by atoms with van der Waals surface area (Å²) in [6.45, 7) is 0. The Labute approximate surface area is 179 Å². The van der Waals surface area contributed by atoms with Crippen LogP contribution in [0.3, 0.4) is 0 Å². The maximum atomic E-state index is 2.46. The van der Waals surface area contributed by atoms with Crippen LogP contribution in [-0.4, -0.2) is 15.4 Å². The van der Waals surface area contributed by atoms with Crippen LogP contribution < -0.4 is 7.22 Å². The third-order valence-corrected chi connectivity index (χ3v) is 41.6. The molecule has 3 heteroatoms. The molecule has 2 unspecified atom stereocenters. The van der Waals surface area contributed by atoms with Gasteiger partial charge in [0.05, 0.1) is 0 Å². The second kappa shape index (κ2) is 7.25. The summed E-state index contributed by atoms with van der Waals surface area (Å²) in [6.07, 6.45) is 0. The van der Waals surface area contributed by atoms with Crippen LogP contribution in [0.4, 0.5) is 0 Å². The predicted octanol–water partition coefficient (Wildman–Crippen LogP) is 4.63. The monoisotopic (exact) mass is 528 g/mol. The summed E-state index contributed by atoms with van der Waals surface area (Å²) >= 11 is -2.75. The summed E-state index contributed by atoms with van der Waals surface area (Å²) in [5, 5.41) is 0. The van der Waals surface area contributed by atoms with E-state index in [-0.39, 0.29) is 16.2 Å². The van der Waals surface area contributed by atoms with Crippen molar-refractivity contribution in [1.82, 2.24) is 0 Å². The first-order valence-corrected chi connectivity index (χ1v) is 20.6. The van der Waals surface area contributed by atoms with Gasteiger partial charge in [0.15, 0.2) is 0 Å². The van der Waals surface area contributed by atoms with Crippen molar-refractivity contribution in [3.05, 3.63) is 120 Å². The molecule has 2 aliphatic rings. The minimum atomic E-state index is -2.75. The average Bonchev–Trinajstić information content (AvgIpc) is 3.34. The van der Waals surface area contributed by atoms with E-state index in [9.17, 15) is 0 Å². The van der Waals surface area contributed by atoms with Crippen LogP contribution in [0.25, 0.3) is 0 Å². The zero-order valence-corrected chi connectivity index (χ0v) is 20.0. The van der Waals surface area contributed by atoms with Gasteiger partial charge in [-0.05, 0) is 0 Å². The molecule has 0 bridgehead atoms. The number of hydrogen-bond donors (Lipinski definition) is 0. The Kier molecular flexibility index (Phi) is 4.54. The summed E-state index contributed by atoms with van der Waals surface area (Å²) in [5.74, 6) is 2.47. The molecule has 142 valence electrons. The van der Waals surface area contributed by atoms with Crippen LogP contribution in [0.15, 0.2) is 119 Å². The van der Waals surface area contributed by atoms with E-state index in [1.165, 1.54) is 11.5 Å². The van der Waals surface area contributed by atoms with E-state index in [2.05, 4.69) is 109 Å². The SMILES string of the molecule is c1ccc([S+]2Cc3cccc4c3[Te]2(c2ccccc2)[S+](c2ccccc2)C4)cc1. The molecule has 0 aromatic heterocycles. The number of hydrogen-bond acceptors (Lipinski definition) is 0. The van der Waals surface area contributed by atoms with E-state index >= 15 is 0 Å². The summed E-state index contributed by atoms with van der Waals surface area (Å²) in [7, 11) is 0.579. The Hall–Kier alpha value is -1.63. The van der Waals surface area contributed by atoms with Crippen LogP contribution >= 0.6 is 0 Å². The van der Waals surface area contributed by atoms with Crippen molar-refractivity contribution >= 4 is 38.9 Å². The Bertz CT molecular complexity index is 1090. The summed E-state index contributed by atoms with van der Waals surface area (Å²) in [4.78, 5) is 3.16. The molecule has 0 spiro atoms. The molecule has 0 amide bonds. The van der Waals surface area contributed by atoms with E-state index in [0.717, 1.165) is 0 Å². The average molecular weight is 526 g/mol. The quantitative estimate of drug-likeness (QED) is 0.270. The van der Waals surface area contributed by atoms with Gasteiger partial charge in [-0.2, -0.15) is 0 Å². The molecule has 0 N–H and O–H groups in total. The Morgan fingerprint density at radius 2 is 0.931 bits per heavy atom. The minimum absolute atomic E-state index is 0.289. The van der Waals surface area contributed by atoms with Gasteiger partial charge in [-0.25, -0.2) is 0 Å². The summed E-state index contributed by atoms with van der Waals surface area (Å²) in [5.41, 5.74) is 3.29. The van der Waals surface area contributed by atoms with E-state index < -0.39 is 15.4 Å². The molecule has 29 heavy (non-hydrogen) atoms. The van der Waals surface area contributed by atoms with Crippen molar-refractivity contribution < 1.29 is 0 Å². The molecule has 6 rings (SSSR count). The molecular weight excluding hydrogens is 504 g/mol. The van der Waals surface area contributed by atoms with Crippen molar-refractivity contribution in [2.24, 2.45) is 0 Å². The van der Waals surface area contributed by atoms with Crippen molar-refractivity contribution in [3.63, 3.8) is 0 Å². The van der Waals surface area contributed by atoms with Gasteiger partial charge in [-0.3, -0.25) is 0 Å². The van der Waals surface area contributed by atoms with Crippen molar-refractivity contribution in [3.8, 4) is 0 Å². The zero-order chi connectivity index (χ0) is 19.3. The molecule has 0 saturated carbocycles. The summed E-state index contributed by atoms with van der Waals surface area (Å²) < 4.78 is 3.50. The summed E-state index contributed by atoms with van der Waals surface area (Å²) in [6, 6.07) is 41.7. The normalized spacial score (nSPS) is 26.6. The molecule has 2 heterocycles. The van der Waals surface area contributed by atoms with Crippen LogP contribution in [0.1, 0.15) is 11.1 Å². The van der Waals surface area contributed by atoms with Gasteiger partial charge in [0, 0.05) is 0 Å². The van der Waals surface area contributed by atoms with E-state index in [0.29, 0.717) is 0 Å². The molecule has 0 fully saturated rings. The molecule has 0 saturated heterocycles. The van der Waals surface area contributed by atoms with Crippen molar-refractivity contribution in [1.29, 1.82) is 0 Å². The van der Waals surface area contributed by atoms with Crippen molar-refractivity contribution in [2.45, 2.75) is 21.3 Å². The third kappa shape index (κ3) is 2.69. The van der Waals surface area contributed by atoms with Gasteiger partial charge in [0.1, 0.15) is 0 Å².